The van der Waals surface area contributed by atoms with Gasteiger partial charge in [0, 0.05) is 11.8 Å². The molecule has 0 saturated carbocycles. The quantitative estimate of drug-likeness (QED) is 0.685. The van der Waals surface area contributed by atoms with Crippen LogP contribution in [0.3, 0.4) is 0 Å². The molecule has 1 heterocycles. The highest BCUT2D eigenvalue weighted by Gasteiger charge is 2.14. The smallest absolute Gasteiger partial charge is 0.0305 e. The predicted molar refractivity (Wildman–Crippen MR) is 58.9 cm³/mol. The van der Waals surface area contributed by atoms with E-state index < -0.39 is 0 Å². The van der Waals surface area contributed by atoms with E-state index in [2.05, 4.69) is 25.1 Å². The first kappa shape index (κ1) is 9.10. The van der Waals surface area contributed by atoms with Crippen LogP contribution in [-0.4, -0.2) is 5.75 Å². The van der Waals surface area contributed by atoms with E-state index in [9.17, 15) is 0 Å². The normalized spacial score (nSPS) is 22.2. The van der Waals surface area contributed by atoms with E-state index in [1.165, 1.54) is 22.4 Å². The molecule has 0 aliphatic carbocycles. The Hall–Kier alpha value is -0.470. The Morgan fingerprint density at radius 1 is 1.46 bits per heavy atom. The molecule has 1 aromatic carbocycles. The number of nitrogens with two attached hydrogens (primary N) is 1. The number of benzene rings is 1. The lowest BCUT2D eigenvalue weighted by Gasteiger charge is -2.12. The van der Waals surface area contributed by atoms with E-state index in [0.29, 0.717) is 0 Å². The van der Waals surface area contributed by atoms with Gasteiger partial charge in [0.2, 0.25) is 0 Å². The fraction of sp³-hybridized carbons (Fsp3) is 0.455. The van der Waals surface area contributed by atoms with Crippen molar-refractivity contribution < 1.29 is 0 Å². The molecule has 0 bridgehead atoms. The first-order chi connectivity index (χ1) is 6.27. The van der Waals surface area contributed by atoms with Crippen molar-refractivity contribution in [3.63, 3.8) is 0 Å². The van der Waals surface area contributed by atoms with Crippen LogP contribution in [0, 0.1) is 6.92 Å². The maximum atomic E-state index is 6.10. The standard InChI is InChI=1S/C11H15NS/c1-8-2-3-9-7-13-5-4-11(12)10(9)6-8/h2-3,6,11H,4-5,7,12H2,1H3/t11-/m1/s1. The summed E-state index contributed by atoms with van der Waals surface area (Å²) in [6, 6.07) is 6.90. The van der Waals surface area contributed by atoms with Gasteiger partial charge in [0.15, 0.2) is 0 Å². The van der Waals surface area contributed by atoms with Gasteiger partial charge in [-0.25, -0.2) is 0 Å². The van der Waals surface area contributed by atoms with Gasteiger partial charge >= 0.3 is 0 Å². The van der Waals surface area contributed by atoms with Gasteiger partial charge in [-0.2, -0.15) is 11.8 Å². The minimum Gasteiger partial charge on any atom is -0.324 e. The molecule has 0 spiro atoms. The molecule has 1 aromatic rings. The highest BCUT2D eigenvalue weighted by molar-refractivity contribution is 7.98. The highest BCUT2D eigenvalue weighted by Crippen LogP contribution is 2.29. The van der Waals surface area contributed by atoms with Crippen LogP contribution < -0.4 is 5.73 Å². The van der Waals surface area contributed by atoms with E-state index in [4.69, 9.17) is 5.73 Å². The Morgan fingerprint density at radius 2 is 2.31 bits per heavy atom. The molecule has 1 aliphatic rings. The van der Waals surface area contributed by atoms with E-state index in [0.717, 1.165) is 12.2 Å². The lowest BCUT2D eigenvalue weighted by atomic mass is 9.98. The van der Waals surface area contributed by atoms with Crippen LogP contribution in [0.4, 0.5) is 0 Å². The zero-order valence-electron chi connectivity index (χ0n) is 7.92. The molecule has 0 amide bonds. The molecule has 13 heavy (non-hydrogen) atoms. The summed E-state index contributed by atoms with van der Waals surface area (Å²) in [6.45, 7) is 2.13. The molecule has 2 N–H and O–H groups in total. The number of aryl methyl sites for hydroxylation is 1. The zero-order valence-corrected chi connectivity index (χ0v) is 8.73. The zero-order chi connectivity index (χ0) is 9.26. The molecule has 2 rings (SSSR count). The average molecular weight is 193 g/mol. The monoisotopic (exact) mass is 193 g/mol. The molecule has 0 unspecified atom stereocenters. The van der Waals surface area contributed by atoms with Crippen LogP contribution in [0.15, 0.2) is 18.2 Å². The summed E-state index contributed by atoms with van der Waals surface area (Å²) in [4.78, 5) is 0. The lowest BCUT2D eigenvalue weighted by Crippen LogP contribution is -2.11. The fourth-order valence-corrected chi connectivity index (χ4v) is 2.79. The maximum absolute atomic E-state index is 6.10. The first-order valence-corrected chi connectivity index (χ1v) is 5.85. The molecule has 70 valence electrons. The third kappa shape index (κ3) is 1.89. The van der Waals surface area contributed by atoms with E-state index in [-0.39, 0.29) is 6.04 Å². The number of thioether (sulfide) groups is 1. The molecule has 2 heteroatoms. The van der Waals surface area contributed by atoms with Crippen molar-refractivity contribution in [1.29, 1.82) is 0 Å². The summed E-state index contributed by atoms with van der Waals surface area (Å²) in [6.07, 6.45) is 1.11. The predicted octanol–water partition coefficient (Wildman–Crippen LogP) is 2.63. The van der Waals surface area contributed by atoms with Crippen molar-refractivity contribution >= 4 is 11.8 Å². The molecule has 0 radical (unpaired) electrons. The first-order valence-electron chi connectivity index (χ1n) is 4.70. The van der Waals surface area contributed by atoms with Crippen LogP contribution in [0.1, 0.15) is 29.2 Å². The van der Waals surface area contributed by atoms with Gasteiger partial charge in [-0.15, -0.1) is 0 Å². The minimum atomic E-state index is 0.255. The van der Waals surface area contributed by atoms with E-state index in [1.54, 1.807) is 0 Å². The van der Waals surface area contributed by atoms with Crippen molar-refractivity contribution in [1.82, 2.24) is 0 Å². The third-order valence-corrected chi connectivity index (χ3v) is 3.57. The second-order valence-corrected chi connectivity index (χ2v) is 4.76. The number of rotatable bonds is 0. The van der Waals surface area contributed by atoms with Crippen molar-refractivity contribution in [2.45, 2.75) is 25.1 Å². The van der Waals surface area contributed by atoms with Crippen LogP contribution in [0.2, 0.25) is 0 Å². The van der Waals surface area contributed by atoms with Gasteiger partial charge in [-0.3, -0.25) is 0 Å². The van der Waals surface area contributed by atoms with Gasteiger partial charge in [0.05, 0.1) is 0 Å². The fourth-order valence-electron chi connectivity index (χ4n) is 1.74. The van der Waals surface area contributed by atoms with Gasteiger partial charge in [0.1, 0.15) is 0 Å². The molecule has 0 aromatic heterocycles. The summed E-state index contributed by atoms with van der Waals surface area (Å²) < 4.78 is 0. The van der Waals surface area contributed by atoms with E-state index >= 15 is 0 Å². The second kappa shape index (κ2) is 3.72. The largest absolute Gasteiger partial charge is 0.324 e. The summed E-state index contributed by atoms with van der Waals surface area (Å²) >= 11 is 1.99. The second-order valence-electron chi connectivity index (χ2n) is 3.65. The Bertz CT molecular complexity index is 309. The number of hydrogen-bond donors (Lipinski definition) is 1. The Labute approximate surface area is 83.7 Å². The molecular formula is C11H15NS. The van der Waals surface area contributed by atoms with Crippen molar-refractivity contribution in [3.05, 3.63) is 34.9 Å². The molecule has 1 nitrogen and oxygen atoms in total. The van der Waals surface area contributed by atoms with E-state index in [1.807, 2.05) is 11.8 Å². The summed E-state index contributed by atoms with van der Waals surface area (Å²) in [5, 5.41) is 0. The van der Waals surface area contributed by atoms with Gasteiger partial charge in [0.25, 0.3) is 0 Å². The Balaban J connectivity index is 2.43. The van der Waals surface area contributed by atoms with Crippen molar-refractivity contribution in [2.24, 2.45) is 5.73 Å². The van der Waals surface area contributed by atoms with Crippen molar-refractivity contribution in [3.8, 4) is 0 Å². The summed E-state index contributed by atoms with van der Waals surface area (Å²) in [7, 11) is 0. The van der Waals surface area contributed by atoms with Gasteiger partial charge < -0.3 is 5.73 Å². The SMILES string of the molecule is Cc1ccc2c(c1)[C@H](N)CCSC2. The Morgan fingerprint density at radius 3 is 3.15 bits per heavy atom. The van der Waals surface area contributed by atoms with Crippen LogP contribution in [0.5, 0.6) is 0 Å². The summed E-state index contributed by atoms with van der Waals surface area (Å²) in [5.74, 6) is 2.32. The average Bonchev–Trinajstić information content (AvgIpc) is 2.29. The molecule has 0 fully saturated rings. The molecular weight excluding hydrogens is 178 g/mol. The van der Waals surface area contributed by atoms with Gasteiger partial charge in [-0.1, -0.05) is 23.8 Å². The number of fused-ring (bicyclic) bond motifs is 1. The van der Waals surface area contributed by atoms with Gasteiger partial charge in [-0.05, 0) is 30.2 Å². The lowest BCUT2D eigenvalue weighted by molar-refractivity contribution is 0.705. The van der Waals surface area contributed by atoms with Crippen LogP contribution >= 0.6 is 11.8 Å². The van der Waals surface area contributed by atoms with Crippen LogP contribution in [-0.2, 0) is 5.75 Å². The van der Waals surface area contributed by atoms with Crippen molar-refractivity contribution in [2.75, 3.05) is 5.75 Å². The maximum Gasteiger partial charge on any atom is 0.0305 e. The third-order valence-electron chi connectivity index (χ3n) is 2.53. The minimum absolute atomic E-state index is 0.255. The highest BCUT2D eigenvalue weighted by atomic mass is 32.2. The molecule has 1 aliphatic heterocycles. The summed E-state index contributed by atoms with van der Waals surface area (Å²) in [5.41, 5.74) is 10.2. The van der Waals surface area contributed by atoms with Crippen LogP contribution in [0.25, 0.3) is 0 Å². The number of hydrogen-bond acceptors (Lipinski definition) is 2. The molecule has 0 saturated heterocycles. The Kier molecular flexibility index (Phi) is 2.61. The topological polar surface area (TPSA) is 26.0 Å². The molecule has 1 atom stereocenters.